The normalized spacial score (nSPS) is 9.71. The summed E-state index contributed by atoms with van der Waals surface area (Å²) >= 11 is 1.82. The van der Waals surface area contributed by atoms with Gasteiger partial charge in [-0.15, -0.1) is 0 Å². The van der Waals surface area contributed by atoms with Gasteiger partial charge in [-0.25, -0.2) is 12.1 Å². The SMILES string of the molecule is CCO.[Cl][Ru+].c1cc[cH-]c1.c1ccc(P(c2ccccc2)c2ccccc2)cc1.c1ccc(P(c2ccccc2)c2ccccc2)cc1. The third-order valence-corrected chi connectivity index (χ3v) is 11.5. The van der Waals surface area contributed by atoms with Crippen molar-refractivity contribution in [3.8, 4) is 0 Å². The van der Waals surface area contributed by atoms with E-state index in [9.17, 15) is 0 Å². The first-order valence-corrected chi connectivity index (χ1v) is 20.6. The first kappa shape index (κ1) is 38.8. The molecule has 0 aliphatic carbocycles. The minimum atomic E-state index is -0.446. The minimum absolute atomic E-state index is 0.250. The van der Waals surface area contributed by atoms with Gasteiger partial charge in [0.15, 0.2) is 0 Å². The van der Waals surface area contributed by atoms with Crippen LogP contribution in [0.5, 0.6) is 0 Å². The summed E-state index contributed by atoms with van der Waals surface area (Å²) in [6.45, 7) is 1.93. The summed E-state index contributed by atoms with van der Waals surface area (Å²) in [6.07, 6.45) is 0. The molecule has 244 valence electrons. The van der Waals surface area contributed by atoms with Gasteiger partial charge in [0.05, 0.1) is 0 Å². The molecule has 0 aromatic heterocycles. The van der Waals surface area contributed by atoms with Crippen LogP contribution in [-0.2, 0) is 17.3 Å². The van der Waals surface area contributed by atoms with E-state index in [0.717, 1.165) is 0 Å². The summed E-state index contributed by atoms with van der Waals surface area (Å²) in [5, 5.41) is 16.0. The number of rotatable bonds is 6. The Bertz CT molecular complexity index is 1380. The Morgan fingerprint density at radius 3 is 0.688 bits per heavy atom. The average Bonchev–Trinajstić information content (AvgIpc) is 3.77. The molecule has 0 atom stereocenters. The van der Waals surface area contributed by atoms with Crippen molar-refractivity contribution in [2.24, 2.45) is 0 Å². The van der Waals surface area contributed by atoms with Crippen molar-refractivity contribution in [1.29, 1.82) is 0 Å². The summed E-state index contributed by atoms with van der Waals surface area (Å²) in [5.74, 6) is 0. The molecule has 0 spiro atoms. The Morgan fingerprint density at radius 2 is 0.562 bits per heavy atom. The van der Waals surface area contributed by atoms with E-state index in [1.54, 1.807) is 6.92 Å². The van der Waals surface area contributed by atoms with Crippen LogP contribution >= 0.6 is 25.5 Å². The van der Waals surface area contributed by atoms with Gasteiger partial charge in [-0.3, -0.25) is 0 Å². The molecule has 48 heavy (non-hydrogen) atoms. The first-order valence-electron chi connectivity index (χ1n) is 15.6. The van der Waals surface area contributed by atoms with Gasteiger partial charge in [0, 0.05) is 6.61 Å². The number of aliphatic hydroxyl groups excluding tert-OH is 1. The van der Waals surface area contributed by atoms with Crippen molar-refractivity contribution in [2.45, 2.75) is 6.92 Å². The smallest absolute Gasteiger partial charge is 0.0134 e. The summed E-state index contributed by atoms with van der Waals surface area (Å²) in [6, 6.07) is 74.7. The van der Waals surface area contributed by atoms with Gasteiger partial charge in [-0.2, -0.15) is 18.2 Å². The Labute approximate surface area is 303 Å². The molecule has 0 bridgehead atoms. The van der Waals surface area contributed by atoms with E-state index >= 15 is 0 Å². The van der Waals surface area contributed by atoms with Crippen LogP contribution in [0.15, 0.2) is 212 Å². The van der Waals surface area contributed by atoms with Crippen molar-refractivity contribution in [1.82, 2.24) is 0 Å². The van der Waals surface area contributed by atoms with E-state index in [0.29, 0.717) is 0 Å². The van der Waals surface area contributed by atoms with Gasteiger partial charge in [0.2, 0.25) is 0 Å². The zero-order valence-corrected chi connectivity index (χ0v) is 31.3. The van der Waals surface area contributed by atoms with Crippen molar-refractivity contribution < 1.29 is 22.4 Å². The van der Waals surface area contributed by atoms with Gasteiger partial charge in [-0.05, 0) is 54.6 Å². The maximum Gasteiger partial charge on any atom is -0.0134 e. The molecular weight excluding hydrogens is 731 g/mol. The first-order chi connectivity index (χ1) is 23.8. The van der Waals surface area contributed by atoms with E-state index in [2.05, 4.69) is 192 Å². The van der Waals surface area contributed by atoms with Crippen LogP contribution in [0.3, 0.4) is 0 Å². The third-order valence-electron chi connectivity index (χ3n) is 6.64. The molecule has 0 fully saturated rings. The number of halogens is 1. The van der Waals surface area contributed by atoms with E-state index < -0.39 is 15.8 Å². The number of hydrogen-bond donors (Lipinski definition) is 1. The number of hydrogen-bond acceptors (Lipinski definition) is 1. The molecule has 7 aromatic rings. The van der Waals surface area contributed by atoms with Crippen LogP contribution in [0.25, 0.3) is 0 Å². The van der Waals surface area contributed by atoms with Crippen LogP contribution in [0.1, 0.15) is 6.92 Å². The molecule has 0 saturated heterocycles. The zero-order valence-electron chi connectivity index (χ0n) is 27.0. The van der Waals surface area contributed by atoms with Crippen LogP contribution in [0.2, 0.25) is 0 Å². The quantitative estimate of drug-likeness (QED) is 0.102. The Kier molecular flexibility index (Phi) is 19.9. The van der Waals surface area contributed by atoms with Gasteiger partial charge in [0.25, 0.3) is 0 Å². The monoisotopic (exact) mass is 772 g/mol. The van der Waals surface area contributed by atoms with E-state index in [-0.39, 0.29) is 6.61 Å². The largest absolute Gasteiger partial charge is 0.214 e. The third kappa shape index (κ3) is 13.5. The molecule has 1 N–H and O–H groups in total. The Hall–Kier alpha value is -3.60. The average molecular weight is 772 g/mol. The van der Waals surface area contributed by atoms with Gasteiger partial charge >= 0.3 is 27.0 Å². The summed E-state index contributed by atoms with van der Waals surface area (Å²) in [7, 11) is 3.68. The van der Waals surface area contributed by atoms with Crippen molar-refractivity contribution in [3.63, 3.8) is 0 Å². The number of benzene rings is 6. The van der Waals surface area contributed by atoms with Crippen LogP contribution in [0, 0.1) is 0 Å². The topological polar surface area (TPSA) is 20.2 Å². The molecule has 0 heterocycles. The molecule has 0 saturated carbocycles. The standard InChI is InChI=1S/2C18H15P.C5H5.C2H6O.ClH.Ru/c2*1-4-10-16(11-5-1)19(17-12-6-2-7-13-17)18-14-8-3-9-15-18;1-2-4-5-3-1;1-2-3;;/h2*1-15H;1-5H;3H,2H2,1H3;1H;/q;;-1;;;+2/p-1. The molecule has 7 rings (SSSR count). The molecule has 0 radical (unpaired) electrons. The fraction of sp³-hybridized carbons (Fsp3) is 0.0465. The fourth-order valence-electron chi connectivity index (χ4n) is 4.68. The van der Waals surface area contributed by atoms with Crippen molar-refractivity contribution in [3.05, 3.63) is 212 Å². The van der Waals surface area contributed by atoms with Crippen LogP contribution < -0.4 is 31.8 Å². The second-order valence-corrected chi connectivity index (χ2v) is 14.4. The maximum atomic E-state index is 7.57. The molecule has 0 aliphatic rings. The second kappa shape index (κ2) is 24.5. The summed E-state index contributed by atoms with van der Waals surface area (Å²) < 4.78 is 0. The maximum absolute atomic E-state index is 7.57. The van der Waals surface area contributed by atoms with Crippen LogP contribution in [-0.4, -0.2) is 11.7 Å². The summed E-state index contributed by atoms with van der Waals surface area (Å²) in [5.41, 5.74) is 0. The van der Waals surface area contributed by atoms with Gasteiger partial charge in [-0.1, -0.05) is 182 Å². The molecule has 7 aromatic carbocycles. The van der Waals surface area contributed by atoms with E-state index in [1.165, 1.54) is 31.8 Å². The van der Waals surface area contributed by atoms with E-state index in [4.69, 9.17) is 5.11 Å². The number of aliphatic hydroxyl groups is 1. The molecule has 1 nitrogen and oxygen atoms in total. The predicted molar refractivity (Wildman–Crippen MR) is 211 cm³/mol. The Morgan fingerprint density at radius 1 is 0.396 bits per heavy atom. The van der Waals surface area contributed by atoms with Crippen molar-refractivity contribution in [2.75, 3.05) is 6.61 Å². The molecule has 0 aliphatic heterocycles. The second-order valence-electron chi connectivity index (χ2n) is 9.96. The zero-order chi connectivity index (χ0) is 34.1. The molecular formula is C43H41ClOP2Ru. The van der Waals surface area contributed by atoms with Gasteiger partial charge in [0.1, 0.15) is 0 Å². The fourth-order valence-corrected chi connectivity index (χ4v) is 9.29. The van der Waals surface area contributed by atoms with E-state index in [1.807, 2.05) is 47.6 Å². The summed E-state index contributed by atoms with van der Waals surface area (Å²) in [4.78, 5) is 0. The van der Waals surface area contributed by atoms with Crippen molar-refractivity contribution >= 4 is 57.4 Å². The van der Waals surface area contributed by atoms with Gasteiger partial charge < -0.3 is 5.11 Å². The Balaban J connectivity index is 0.000000204. The predicted octanol–water partition coefficient (Wildman–Crippen LogP) is 8.98. The minimum Gasteiger partial charge on any atom is -0.214 e. The molecule has 5 heteroatoms. The molecule has 0 unspecified atom stereocenters. The van der Waals surface area contributed by atoms with Crippen LogP contribution in [0.4, 0.5) is 0 Å². The molecule has 0 amide bonds.